The van der Waals surface area contributed by atoms with Crippen LogP contribution in [0.3, 0.4) is 0 Å². The number of allylic oxidation sites excluding steroid dienone is 2. The fourth-order valence-corrected chi connectivity index (χ4v) is 6.83. The Bertz CT molecular complexity index is 1500. The molecule has 4 aliphatic rings. The second kappa shape index (κ2) is 9.39. The van der Waals surface area contributed by atoms with Gasteiger partial charge in [-0.1, -0.05) is 27.7 Å². The topological polar surface area (TPSA) is 90.0 Å². The molecular formula is C32H37N3O5. The van der Waals surface area contributed by atoms with Crippen molar-refractivity contribution in [1.82, 2.24) is 9.88 Å². The van der Waals surface area contributed by atoms with E-state index >= 15 is 0 Å². The second-order valence-electron chi connectivity index (χ2n) is 12.4. The number of Topliss-reactive ketones (excluding diaryl/α,β-unsaturated/α-hetero) is 1. The van der Waals surface area contributed by atoms with Crippen LogP contribution in [0.2, 0.25) is 0 Å². The number of nitrogens with zero attached hydrogens (tertiary/aromatic N) is 2. The van der Waals surface area contributed by atoms with Gasteiger partial charge in [-0.3, -0.25) is 9.59 Å². The van der Waals surface area contributed by atoms with E-state index in [1.165, 1.54) is 0 Å². The van der Waals surface area contributed by atoms with E-state index < -0.39 is 5.92 Å². The minimum absolute atomic E-state index is 0.0198. The summed E-state index contributed by atoms with van der Waals surface area (Å²) in [5.74, 6) is 2.87. The van der Waals surface area contributed by atoms with Crippen LogP contribution in [0, 0.1) is 18.3 Å². The number of nitrogens with one attached hydrogen (secondary N) is 1. The minimum atomic E-state index is -0.588. The van der Waals surface area contributed by atoms with Gasteiger partial charge in [0.05, 0.1) is 36.9 Å². The van der Waals surface area contributed by atoms with Gasteiger partial charge in [-0.15, -0.1) is 0 Å². The van der Waals surface area contributed by atoms with Crippen molar-refractivity contribution in [2.45, 2.75) is 59.4 Å². The summed E-state index contributed by atoms with van der Waals surface area (Å²) in [5, 5.41) is 3.31. The third-order valence-corrected chi connectivity index (χ3v) is 8.59. The smallest absolute Gasteiger partial charge is 0.254 e. The molecule has 1 amide bonds. The van der Waals surface area contributed by atoms with E-state index in [1.807, 2.05) is 38.2 Å². The average molecular weight is 544 g/mol. The zero-order valence-electron chi connectivity index (χ0n) is 24.3. The normalized spacial score (nSPS) is 23.4. The number of hydrogen-bond acceptors (Lipinski definition) is 7. The van der Waals surface area contributed by atoms with Crippen molar-refractivity contribution in [2.24, 2.45) is 11.3 Å². The number of likely N-dealkylation sites (N-methyl/N-ethyl adjacent to an activating group) is 1. The van der Waals surface area contributed by atoms with Crippen LogP contribution in [0.5, 0.6) is 11.5 Å². The number of methoxy groups -OCH3 is 1. The fraction of sp³-hybridized carbons (Fsp3) is 0.469. The van der Waals surface area contributed by atoms with Gasteiger partial charge < -0.3 is 24.4 Å². The summed E-state index contributed by atoms with van der Waals surface area (Å²) in [5.41, 5.74) is 4.30. The summed E-state index contributed by atoms with van der Waals surface area (Å²) in [7, 11) is 3.45. The molecule has 1 aromatic heterocycles. The van der Waals surface area contributed by atoms with Crippen LogP contribution in [-0.2, 0) is 14.3 Å². The lowest BCUT2D eigenvalue weighted by Gasteiger charge is -2.39. The van der Waals surface area contributed by atoms with Crippen LogP contribution in [0.15, 0.2) is 46.9 Å². The molecule has 3 aliphatic heterocycles. The summed E-state index contributed by atoms with van der Waals surface area (Å²) >= 11 is 0. The highest BCUT2D eigenvalue weighted by Gasteiger charge is 2.52. The number of carbonyl (C=O) groups excluding carboxylic acids is 2. The van der Waals surface area contributed by atoms with Gasteiger partial charge in [0.2, 0.25) is 0 Å². The molecule has 40 heavy (non-hydrogen) atoms. The Hall–Kier alpha value is -3.81. The van der Waals surface area contributed by atoms with E-state index in [9.17, 15) is 9.59 Å². The van der Waals surface area contributed by atoms with Crippen molar-refractivity contribution in [3.05, 3.63) is 58.1 Å². The van der Waals surface area contributed by atoms with Crippen LogP contribution in [0.25, 0.3) is 11.3 Å². The second-order valence-corrected chi connectivity index (χ2v) is 12.4. The van der Waals surface area contributed by atoms with Crippen LogP contribution in [-0.4, -0.2) is 54.9 Å². The maximum atomic E-state index is 14.0. The lowest BCUT2D eigenvalue weighted by molar-refractivity contribution is -0.126. The van der Waals surface area contributed by atoms with E-state index in [1.54, 1.807) is 12.0 Å². The molecule has 0 unspecified atom stereocenters. The summed E-state index contributed by atoms with van der Waals surface area (Å²) in [4.78, 5) is 34.5. The van der Waals surface area contributed by atoms with Crippen molar-refractivity contribution in [3.63, 3.8) is 0 Å². The van der Waals surface area contributed by atoms with E-state index in [-0.39, 0.29) is 29.1 Å². The number of benzene rings is 1. The quantitative estimate of drug-likeness (QED) is 0.554. The first-order chi connectivity index (χ1) is 19.0. The van der Waals surface area contributed by atoms with Gasteiger partial charge in [0.1, 0.15) is 23.9 Å². The standard InChI is InChI=1S/C32H37N3O5/c1-16(2)28-29-27(31(37)35(28)6)26(25-20(36)14-32(4,5)15-23(25)40-29)24-17(3)18(8-10-21(24)38-7)19-9-11-22-30(34-19)33-12-13-39-22/h8-11,16,26,28H,12-15H2,1-7H3,(H,33,34)/t26-,28+/m0/s1. The third-order valence-electron chi connectivity index (χ3n) is 8.59. The van der Waals surface area contributed by atoms with Gasteiger partial charge >= 0.3 is 0 Å². The summed E-state index contributed by atoms with van der Waals surface area (Å²) in [6.07, 6.45) is 1.02. The summed E-state index contributed by atoms with van der Waals surface area (Å²) in [6, 6.07) is 7.58. The first-order valence-corrected chi connectivity index (χ1v) is 14.0. The molecule has 8 heteroatoms. The predicted octanol–water partition coefficient (Wildman–Crippen LogP) is 5.38. The van der Waals surface area contributed by atoms with Gasteiger partial charge in [-0.2, -0.15) is 0 Å². The molecular weight excluding hydrogens is 506 g/mol. The number of ketones is 1. The number of rotatable bonds is 4. The van der Waals surface area contributed by atoms with Crippen molar-refractivity contribution >= 4 is 17.5 Å². The van der Waals surface area contributed by atoms with Crippen molar-refractivity contribution in [2.75, 3.05) is 32.6 Å². The molecule has 210 valence electrons. The summed E-state index contributed by atoms with van der Waals surface area (Å²) < 4.78 is 18.2. The van der Waals surface area contributed by atoms with Crippen molar-refractivity contribution in [3.8, 4) is 22.8 Å². The summed E-state index contributed by atoms with van der Waals surface area (Å²) in [6.45, 7) is 11.7. The maximum Gasteiger partial charge on any atom is 0.254 e. The van der Waals surface area contributed by atoms with E-state index in [2.05, 4.69) is 33.0 Å². The molecule has 0 saturated heterocycles. The van der Waals surface area contributed by atoms with E-state index in [0.29, 0.717) is 60.2 Å². The van der Waals surface area contributed by atoms with Crippen molar-refractivity contribution in [1.29, 1.82) is 0 Å². The number of fused-ring (bicyclic) bond motifs is 1. The molecule has 2 atom stereocenters. The lowest BCUT2D eigenvalue weighted by atomic mass is 9.68. The molecule has 0 spiro atoms. The van der Waals surface area contributed by atoms with Crippen LogP contribution < -0.4 is 14.8 Å². The Morgan fingerprint density at radius 3 is 2.62 bits per heavy atom. The Balaban J connectivity index is 1.60. The number of anilines is 1. The first kappa shape index (κ1) is 26.4. The number of ether oxygens (including phenoxy) is 3. The lowest BCUT2D eigenvalue weighted by Crippen LogP contribution is -2.36. The van der Waals surface area contributed by atoms with Crippen LogP contribution in [0.1, 0.15) is 57.6 Å². The number of pyridine rings is 1. The molecule has 2 aromatic rings. The molecule has 1 N–H and O–H groups in total. The number of amides is 1. The highest BCUT2D eigenvalue weighted by molar-refractivity contribution is 6.07. The molecule has 6 rings (SSSR count). The van der Waals surface area contributed by atoms with E-state index in [4.69, 9.17) is 19.2 Å². The molecule has 4 heterocycles. The van der Waals surface area contributed by atoms with Gasteiger partial charge in [-0.05, 0) is 48.1 Å². The zero-order valence-corrected chi connectivity index (χ0v) is 24.3. The Kier molecular flexibility index (Phi) is 6.20. The maximum absolute atomic E-state index is 14.0. The van der Waals surface area contributed by atoms with Crippen LogP contribution in [0.4, 0.5) is 5.82 Å². The monoisotopic (exact) mass is 543 g/mol. The Morgan fingerprint density at radius 2 is 1.90 bits per heavy atom. The molecule has 0 radical (unpaired) electrons. The largest absolute Gasteiger partial charge is 0.496 e. The predicted molar refractivity (Wildman–Crippen MR) is 152 cm³/mol. The molecule has 0 fully saturated rings. The SMILES string of the molecule is COc1ccc(-c2ccc3c(n2)NCCO3)c(C)c1[C@H]1C2=C(CC(C)(C)CC2=O)OC2=C1C(=O)N(C)[C@@H]2C(C)C. The molecule has 1 aromatic carbocycles. The van der Waals surface area contributed by atoms with Gasteiger partial charge in [0.25, 0.3) is 5.91 Å². The number of hydrogen-bond donors (Lipinski definition) is 1. The molecule has 1 aliphatic carbocycles. The number of aromatic nitrogens is 1. The van der Waals surface area contributed by atoms with E-state index in [0.717, 1.165) is 28.1 Å². The van der Waals surface area contributed by atoms with Gasteiger partial charge in [0.15, 0.2) is 17.4 Å². The Labute approximate surface area is 235 Å². The highest BCUT2D eigenvalue weighted by atomic mass is 16.5. The fourth-order valence-electron chi connectivity index (χ4n) is 6.83. The average Bonchev–Trinajstić information content (AvgIpc) is 3.15. The van der Waals surface area contributed by atoms with Gasteiger partial charge in [0, 0.05) is 36.6 Å². The molecule has 8 nitrogen and oxygen atoms in total. The molecule has 0 saturated carbocycles. The van der Waals surface area contributed by atoms with Crippen LogP contribution >= 0.6 is 0 Å². The Morgan fingerprint density at radius 1 is 1.12 bits per heavy atom. The first-order valence-electron chi connectivity index (χ1n) is 14.0. The van der Waals surface area contributed by atoms with Crippen molar-refractivity contribution < 1.29 is 23.8 Å². The zero-order chi connectivity index (χ0) is 28.5. The third kappa shape index (κ3) is 3.99. The van der Waals surface area contributed by atoms with Gasteiger partial charge in [-0.25, -0.2) is 4.98 Å². The minimum Gasteiger partial charge on any atom is -0.496 e. The molecule has 0 bridgehead atoms. The highest BCUT2D eigenvalue weighted by Crippen LogP contribution is 2.55. The number of carbonyl (C=O) groups is 2.